The molecule has 0 aliphatic heterocycles. The predicted octanol–water partition coefficient (Wildman–Crippen LogP) is 1.63. The standard InChI is InChI=1S/C11H9FN2O3/c1-14-9(5-8(13-14)11(16)17)7-3-2-6(12)4-10(7)15/h2-5,15H,1H3,(H,16,17). The molecule has 0 saturated carbocycles. The van der Waals surface area contributed by atoms with Crippen LogP contribution in [0, 0.1) is 5.82 Å². The largest absolute Gasteiger partial charge is 0.507 e. The molecular weight excluding hydrogens is 227 g/mol. The van der Waals surface area contributed by atoms with Gasteiger partial charge in [-0.25, -0.2) is 9.18 Å². The fraction of sp³-hybridized carbons (Fsp3) is 0.0909. The Morgan fingerprint density at radius 3 is 2.65 bits per heavy atom. The van der Waals surface area contributed by atoms with E-state index in [2.05, 4.69) is 5.10 Å². The van der Waals surface area contributed by atoms with E-state index in [1.165, 1.54) is 22.9 Å². The number of aromatic carboxylic acids is 1. The van der Waals surface area contributed by atoms with E-state index in [0.29, 0.717) is 11.3 Å². The number of phenolic OH excluding ortho intramolecular Hbond substituents is 1. The maximum absolute atomic E-state index is 12.8. The summed E-state index contributed by atoms with van der Waals surface area (Å²) in [6.07, 6.45) is 0. The van der Waals surface area contributed by atoms with Gasteiger partial charge in [0, 0.05) is 18.7 Å². The first-order valence-corrected chi connectivity index (χ1v) is 4.75. The van der Waals surface area contributed by atoms with Crippen molar-refractivity contribution < 1.29 is 19.4 Å². The Balaban J connectivity index is 2.56. The van der Waals surface area contributed by atoms with Crippen LogP contribution in [-0.4, -0.2) is 26.0 Å². The van der Waals surface area contributed by atoms with Crippen molar-refractivity contribution in [3.8, 4) is 17.0 Å². The van der Waals surface area contributed by atoms with Gasteiger partial charge in [0.2, 0.25) is 0 Å². The molecule has 0 unspecified atom stereocenters. The SMILES string of the molecule is Cn1nc(C(=O)O)cc1-c1ccc(F)cc1O. The highest BCUT2D eigenvalue weighted by Crippen LogP contribution is 2.29. The molecule has 17 heavy (non-hydrogen) atoms. The fourth-order valence-corrected chi connectivity index (χ4v) is 1.55. The number of aryl methyl sites for hydroxylation is 1. The molecule has 0 saturated heterocycles. The molecule has 2 aromatic rings. The number of benzene rings is 1. The first kappa shape index (κ1) is 11.1. The molecule has 0 atom stereocenters. The molecule has 1 aromatic carbocycles. The van der Waals surface area contributed by atoms with Crippen molar-refractivity contribution in [3.05, 3.63) is 35.8 Å². The van der Waals surface area contributed by atoms with Crippen molar-refractivity contribution in [2.24, 2.45) is 7.05 Å². The lowest BCUT2D eigenvalue weighted by Gasteiger charge is -2.04. The van der Waals surface area contributed by atoms with Gasteiger partial charge < -0.3 is 10.2 Å². The van der Waals surface area contributed by atoms with Crippen molar-refractivity contribution in [2.45, 2.75) is 0 Å². The zero-order chi connectivity index (χ0) is 12.6. The van der Waals surface area contributed by atoms with Gasteiger partial charge in [0.25, 0.3) is 0 Å². The highest BCUT2D eigenvalue weighted by atomic mass is 19.1. The first-order valence-electron chi connectivity index (χ1n) is 4.75. The van der Waals surface area contributed by atoms with Crippen LogP contribution < -0.4 is 0 Å². The number of carboxylic acids is 1. The highest BCUT2D eigenvalue weighted by molar-refractivity contribution is 5.87. The number of carbonyl (C=O) groups is 1. The summed E-state index contributed by atoms with van der Waals surface area (Å²) < 4.78 is 14.1. The van der Waals surface area contributed by atoms with Gasteiger partial charge in [-0.2, -0.15) is 5.10 Å². The Morgan fingerprint density at radius 1 is 1.41 bits per heavy atom. The van der Waals surface area contributed by atoms with Crippen molar-refractivity contribution in [1.29, 1.82) is 0 Å². The van der Waals surface area contributed by atoms with Gasteiger partial charge in [-0.05, 0) is 18.2 Å². The summed E-state index contributed by atoms with van der Waals surface area (Å²) in [5, 5.41) is 22.1. The molecule has 0 amide bonds. The van der Waals surface area contributed by atoms with E-state index < -0.39 is 11.8 Å². The Morgan fingerprint density at radius 2 is 2.12 bits per heavy atom. The summed E-state index contributed by atoms with van der Waals surface area (Å²) >= 11 is 0. The Labute approximate surface area is 95.7 Å². The number of phenols is 1. The van der Waals surface area contributed by atoms with Gasteiger partial charge in [0.15, 0.2) is 5.69 Å². The molecule has 0 fully saturated rings. The monoisotopic (exact) mass is 236 g/mol. The lowest BCUT2D eigenvalue weighted by molar-refractivity contribution is 0.0689. The zero-order valence-corrected chi connectivity index (χ0v) is 8.88. The number of aromatic hydroxyl groups is 1. The third-order valence-corrected chi connectivity index (χ3v) is 2.33. The average Bonchev–Trinajstić information content (AvgIpc) is 2.61. The summed E-state index contributed by atoms with van der Waals surface area (Å²) in [5.74, 6) is -1.98. The third-order valence-electron chi connectivity index (χ3n) is 2.33. The van der Waals surface area contributed by atoms with Gasteiger partial charge in [0.1, 0.15) is 11.6 Å². The lowest BCUT2D eigenvalue weighted by Crippen LogP contribution is -1.99. The molecule has 5 nitrogen and oxygen atoms in total. The van der Waals surface area contributed by atoms with Crippen LogP contribution in [-0.2, 0) is 7.05 Å². The topological polar surface area (TPSA) is 75.4 Å². The van der Waals surface area contributed by atoms with Crippen LogP contribution in [0.5, 0.6) is 5.75 Å². The average molecular weight is 236 g/mol. The number of nitrogens with zero attached hydrogens (tertiary/aromatic N) is 2. The molecule has 0 spiro atoms. The van der Waals surface area contributed by atoms with Crippen molar-refractivity contribution >= 4 is 5.97 Å². The van der Waals surface area contributed by atoms with Crippen molar-refractivity contribution in [2.75, 3.05) is 0 Å². The minimum atomic E-state index is -1.16. The van der Waals surface area contributed by atoms with Crippen LogP contribution in [0.4, 0.5) is 4.39 Å². The molecule has 0 bridgehead atoms. The van der Waals surface area contributed by atoms with E-state index in [9.17, 15) is 14.3 Å². The van der Waals surface area contributed by atoms with Gasteiger partial charge in [0.05, 0.1) is 5.69 Å². The normalized spacial score (nSPS) is 10.5. The molecule has 0 radical (unpaired) electrons. The molecule has 88 valence electrons. The smallest absolute Gasteiger partial charge is 0.356 e. The van der Waals surface area contributed by atoms with Crippen LogP contribution in [0.25, 0.3) is 11.3 Å². The van der Waals surface area contributed by atoms with E-state index in [0.717, 1.165) is 6.07 Å². The van der Waals surface area contributed by atoms with Crippen LogP contribution in [0.1, 0.15) is 10.5 Å². The maximum Gasteiger partial charge on any atom is 0.356 e. The van der Waals surface area contributed by atoms with Crippen molar-refractivity contribution in [1.82, 2.24) is 9.78 Å². The van der Waals surface area contributed by atoms with Gasteiger partial charge >= 0.3 is 5.97 Å². The Kier molecular flexibility index (Phi) is 2.55. The second-order valence-electron chi connectivity index (χ2n) is 3.51. The molecule has 2 N–H and O–H groups in total. The summed E-state index contributed by atoms with van der Waals surface area (Å²) in [5.41, 5.74) is 0.597. The summed E-state index contributed by atoms with van der Waals surface area (Å²) in [6.45, 7) is 0. The van der Waals surface area contributed by atoms with Gasteiger partial charge in [-0.1, -0.05) is 0 Å². The zero-order valence-electron chi connectivity index (χ0n) is 8.88. The molecule has 1 heterocycles. The minimum Gasteiger partial charge on any atom is -0.507 e. The summed E-state index contributed by atoms with van der Waals surface area (Å²) in [7, 11) is 1.55. The second kappa shape index (κ2) is 3.89. The highest BCUT2D eigenvalue weighted by Gasteiger charge is 2.15. The summed E-state index contributed by atoms with van der Waals surface area (Å²) in [4.78, 5) is 10.7. The van der Waals surface area contributed by atoms with Crippen LogP contribution in [0.3, 0.4) is 0 Å². The Hall–Kier alpha value is -2.37. The molecule has 0 aliphatic carbocycles. The predicted molar refractivity (Wildman–Crippen MR) is 57.2 cm³/mol. The quantitative estimate of drug-likeness (QED) is 0.830. The number of hydrogen-bond donors (Lipinski definition) is 2. The number of aromatic nitrogens is 2. The van der Waals surface area contributed by atoms with Gasteiger partial charge in [-0.3, -0.25) is 4.68 Å². The summed E-state index contributed by atoms with van der Waals surface area (Å²) in [6, 6.07) is 4.83. The van der Waals surface area contributed by atoms with Crippen molar-refractivity contribution in [3.63, 3.8) is 0 Å². The van der Waals surface area contributed by atoms with Crippen LogP contribution in [0.15, 0.2) is 24.3 Å². The van der Waals surface area contributed by atoms with Crippen LogP contribution >= 0.6 is 0 Å². The number of hydrogen-bond acceptors (Lipinski definition) is 3. The van der Waals surface area contributed by atoms with E-state index >= 15 is 0 Å². The fourth-order valence-electron chi connectivity index (χ4n) is 1.55. The number of rotatable bonds is 2. The maximum atomic E-state index is 12.8. The first-order chi connectivity index (χ1) is 7.99. The minimum absolute atomic E-state index is 0.133. The molecule has 6 heteroatoms. The van der Waals surface area contributed by atoms with Crippen LogP contribution in [0.2, 0.25) is 0 Å². The van der Waals surface area contributed by atoms with E-state index in [1.54, 1.807) is 7.05 Å². The van der Waals surface area contributed by atoms with E-state index in [-0.39, 0.29) is 11.4 Å². The number of halogens is 1. The molecule has 2 rings (SSSR count). The second-order valence-corrected chi connectivity index (χ2v) is 3.51. The number of carboxylic acid groups (broad SMARTS) is 1. The third kappa shape index (κ3) is 1.96. The molecule has 1 aromatic heterocycles. The van der Waals surface area contributed by atoms with E-state index in [1.807, 2.05) is 0 Å². The van der Waals surface area contributed by atoms with Gasteiger partial charge in [-0.15, -0.1) is 0 Å². The van der Waals surface area contributed by atoms with E-state index in [4.69, 9.17) is 5.11 Å². The molecule has 0 aliphatic rings. The molecular formula is C11H9FN2O3. The lowest BCUT2D eigenvalue weighted by atomic mass is 10.1. The Bertz CT molecular complexity index is 592.